The van der Waals surface area contributed by atoms with E-state index >= 15 is 0 Å². The average molecular weight is 180 g/mol. The van der Waals surface area contributed by atoms with Crippen LogP contribution in [0.3, 0.4) is 0 Å². The zero-order chi connectivity index (χ0) is 9.68. The molecule has 1 unspecified atom stereocenters. The van der Waals surface area contributed by atoms with Crippen molar-refractivity contribution in [3.8, 4) is 11.8 Å². The van der Waals surface area contributed by atoms with Crippen LogP contribution in [0.15, 0.2) is 0 Å². The third kappa shape index (κ3) is 2.77. The van der Waals surface area contributed by atoms with Crippen LogP contribution in [0.1, 0.15) is 39.0 Å². The fourth-order valence-electron chi connectivity index (χ4n) is 2.03. The fourth-order valence-corrected chi connectivity index (χ4v) is 2.03. The molecule has 0 aromatic heterocycles. The van der Waals surface area contributed by atoms with Crippen molar-refractivity contribution in [2.24, 2.45) is 11.8 Å². The van der Waals surface area contributed by atoms with Crippen LogP contribution in [0.25, 0.3) is 0 Å². The summed E-state index contributed by atoms with van der Waals surface area (Å²) in [6.45, 7) is 1.76. The van der Waals surface area contributed by atoms with E-state index in [9.17, 15) is 4.79 Å². The lowest BCUT2D eigenvalue weighted by Crippen LogP contribution is -2.21. The summed E-state index contributed by atoms with van der Waals surface area (Å²) >= 11 is 0. The molecule has 72 valence electrons. The Morgan fingerprint density at radius 1 is 1.54 bits per heavy atom. The monoisotopic (exact) mass is 180 g/mol. The van der Waals surface area contributed by atoms with Gasteiger partial charge in [-0.25, -0.2) is 0 Å². The Morgan fingerprint density at radius 3 is 2.62 bits per heavy atom. The molecule has 0 bridgehead atoms. The van der Waals surface area contributed by atoms with Gasteiger partial charge in [0, 0.05) is 6.42 Å². The van der Waals surface area contributed by atoms with Gasteiger partial charge in [-0.15, -0.1) is 11.8 Å². The van der Waals surface area contributed by atoms with Crippen molar-refractivity contribution in [1.29, 1.82) is 0 Å². The molecule has 1 saturated carbocycles. The summed E-state index contributed by atoms with van der Waals surface area (Å²) in [5.41, 5.74) is 0. The van der Waals surface area contributed by atoms with Crippen LogP contribution in [0.2, 0.25) is 0 Å². The van der Waals surface area contributed by atoms with Crippen LogP contribution in [0.5, 0.6) is 0 Å². The molecule has 0 aliphatic heterocycles. The third-order valence-electron chi connectivity index (χ3n) is 2.78. The van der Waals surface area contributed by atoms with Crippen LogP contribution in [-0.2, 0) is 4.79 Å². The minimum Gasteiger partial charge on any atom is -0.481 e. The van der Waals surface area contributed by atoms with Crippen molar-refractivity contribution >= 4 is 5.97 Å². The molecule has 1 N–H and O–H groups in total. The first-order valence-electron chi connectivity index (χ1n) is 4.88. The Bertz CT molecular complexity index is 228. The minimum atomic E-state index is -0.672. The molecule has 0 saturated heterocycles. The zero-order valence-corrected chi connectivity index (χ0v) is 8.05. The Balaban J connectivity index is 2.53. The topological polar surface area (TPSA) is 37.3 Å². The Kier molecular flexibility index (Phi) is 3.82. The second kappa shape index (κ2) is 4.91. The van der Waals surface area contributed by atoms with Crippen LogP contribution in [0.4, 0.5) is 0 Å². The van der Waals surface area contributed by atoms with Gasteiger partial charge in [-0.2, -0.15) is 0 Å². The highest BCUT2D eigenvalue weighted by Crippen LogP contribution is 2.32. The molecular weight excluding hydrogens is 164 g/mol. The number of aliphatic carboxylic acids is 1. The van der Waals surface area contributed by atoms with E-state index in [0.29, 0.717) is 12.3 Å². The first-order chi connectivity index (χ1) is 6.25. The number of carbonyl (C=O) groups is 1. The van der Waals surface area contributed by atoms with E-state index in [-0.39, 0.29) is 5.92 Å². The molecule has 0 amide bonds. The molecule has 0 heterocycles. The van der Waals surface area contributed by atoms with Gasteiger partial charge in [-0.1, -0.05) is 12.8 Å². The van der Waals surface area contributed by atoms with Gasteiger partial charge in [0.2, 0.25) is 0 Å². The predicted octanol–water partition coefficient (Wildman–Crippen LogP) is 2.29. The molecule has 0 aromatic carbocycles. The summed E-state index contributed by atoms with van der Waals surface area (Å²) < 4.78 is 0. The molecule has 2 nitrogen and oxygen atoms in total. The van der Waals surface area contributed by atoms with Crippen molar-refractivity contribution in [2.75, 3.05) is 0 Å². The lowest BCUT2D eigenvalue weighted by atomic mass is 9.88. The summed E-state index contributed by atoms with van der Waals surface area (Å²) in [6.07, 6.45) is 5.04. The van der Waals surface area contributed by atoms with E-state index in [1.54, 1.807) is 6.92 Å². The van der Waals surface area contributed by atoms with Crippen LogP contribution >= 0.6 is 0 Å². The molecule has 1 fully saturated rings. The van der Waals surface area contributed by atoms with Crippen molar-refractivity contribution in [3.05, 3.63) is 0 Å². The largest absolute Gasteiger partial charge is 0.481 e. The molecule has 1 rings (SSSR count). The van der Waals surface area contributed by atoms with Crippen LogP contribution in [-0.4, -0.2) is 11.1 Å². The minimum absolute atomic E-state index is 0.227. The molecule has 2 heteroatoms. The maximum Gasteiger partial charge on any atom is 0.307 e. The molecule has 13 heavy (non-hydrogen) atoms. The van der Waals surface area contributed by atoms with Gasteiger partial charge >= 0.3 is 5.97 Å². The standard InChI is InChI=1S/C11H16O2/c1-2-3-8-10(11(12)13)9-6-4-5-7-9/h9-10H,4-8H2,1H3,(H,12,13). The van der Waals surface area contributed by atoms with Gasteiger partial charge < -0.3 is 5.11 Å². The highest BCUT2D eigenvalue weighted by atomic mass is 16.4. The highest BCUT2D eigenvalue weighted by Gasteiger charge is 2.29. The number of hydrogen-bond donors (Lipinski definition) is 1. The van der Waals surface area contributed by atoms with Gasteiger partial charge in [-0.3, -0.25) is 4.79 Å². The average Bonchev–Trinajstić information content (AvgIpc) is 2.57. The van der Waals surface area contributed by atoms with Crippen molar-refractivity contribution < 1.29 is 9.90 Å². The van der Waals surface area contributed by atoms with E-state index in [4.69, 9.17) is 5.11 Å². The SMILES string of the molecule is CC#CCC(C(=O)O)C1CCCC1. The molecular formula is C11H16O2. The maximum absolute atomic E-state index is 10.9. The predicted molar refractivity (Wildman–Crippen MR) is 51.2 cm³/mol. The van der Waals surface area contributed by atoms with Crippen molar-refractivity contribution in [1.82, 2.24) is 0 Å². The van der Waals surface area contributed by atoms with Crippen molar-refractivity contribution in [2.45, 2.75) is 39.0 Å². The summed E-state index contributed by atoms with van der Waals surface area (Å²) in [5, 5.41) is 8.99. The lowest BCUT2D eigenvalue weighted by Gasteiger charge is -2.15. The molecule has 0 radical (unpaired) electrons. The van der Waals surface area contributed by atoms with Crippen LogP contribution < -0.4 is 0 Å². The van der Waals surface area contributed by atoms with Gasteiger partial charge in [0.1, 0.15) is 0 Å². The van der Waals surface area contributed by atoms with Gasteiger partial charge in [-0.05, 0) is 25.7 Å². The van der Waals surface area contributed by atoms with E-state index in [1.807, 2.05) is 0 Å². The Morgan fingerprint density at radius 2 is 2.15 bits per heavy atom. The maximum atomic E-state index is 10.9. The number of rotatable bonds is 3. The summed E-state index contributed by atoms with van der Waals surface area (Å²) in [4.78, 5) is 10.9. The van der Waals surface area contributed by atoms with E-state index in [0.717, 1.165) is 12.8 Å². The smallest absolute Gasteiger partial charge is 0.307 e. The third-order valence-corrected chi connectivity index (χ3v) is 2.78. The molecule has 0 spiro atoms. The number of hydrogen-bond acceptors (Lipinski definition) is 1. The first kappa shape index (κ1) is 10.1. The molecule has 0 aromatic rings. The number of carboxylic acid groups (broad SMARTS) is 1. The first-order valence-corrected chi connectivity index (χ1v) is 4.88. The normalized spacial score (nSPS) is 19.2. The fraction of sp³-hybridized carbons (Fsp3) is 0.727. The lowest BCUT2D eigenvalue weighted by molar-refractivity contribution is -0.143. The van der Waals surface area contributed by atoms with E-state index in [2.05, 4.69) is 11.8 Å². The molecule has 1 aliphatic rings. The quantitative estimate of drug-likeness (QED) is 0.676. The van der Waals surface area contributed by atoms with Crippen LogP contribution in [0, 0.1) is 23.7 Å². The summed E-state index contributed by atoms with van der Waals surface area (Å²) in [5.74, 6) is 5.11. The number of carboxylic acids is 1. The van der Waals surface area contributed by atoms with Gasteiger partial charge in [0.25, 0.3) is 0 Å². The second-order valence-corrected chi connectivity index (χ2v) is 3.62. The van der Waals surface area contributed by atoms with E-state index in [1.165, 1.54) is 12.8 Å². The van der Waals surface area contributed by atoms with E-state index < -0.39 is 5.97 Å². The van der Waals surface area contributed by atoms with Gasteiger partial charge in [0.15, 0.2) is 0 Å². The molecule has 1 atom stereocenters. The summed E-state index contributed by atoms with van der Waals surface area (Å²) in [7, 11) is 0. The van der Waals surface area contributed by atoms with Gasteiger partial charge in [0.05, 0.1) is 5.92 Å². The van der Waals surface area contributed by atoms with Crippen molar-refractivity contribution in [3.63, 3.8) is 0 Å². The Labute approximate surface area is 79.3 Å². The highest BCUT2D eigenvalue weighted by molar-refractivity contribution is 5.70. The molecule has 1 aliphatic carbocycles. The second-order valence-electron chi connectivity index (χ2n) is 3.62. The summed E-state index contributed by atoms with van der Waals surface area (Å²) in [6, 6.07) is 0. The zero-order valence-electron chi connectivity index (χ0n) is 8.05. The Hall–Kier alpha value is -0.970.